The molecule has 0 spiro atoms. The molecule has 1 heterocycles. The quantitative estimate of drug-likeness (QED) is 0.626. The van der Waals surface area contributed by atoms with Gasteiger partial charge in [-0.3, -0.25) is 4.79 Å². The number of rotatable bonds is 2. The maximum Gasteiger partial charge on any atom is 0.179 e. The number of carbonyl (C=O) groups is 1. The molecule has 0 aliphatic rings. The molecule has 0 saturated heterocycles. The van der Waals surface area contributed by atoms with Crippen molar-refractivity contribution in [3.8, 4) is 0 Å². The Bertz CT molecular complexity index is 319. The molecule has 1 aromatic heterocycles. The van der Waals surface area contributed by atoms with Crippen LogP contribution in [0.5, 0.6) is 0 Å². The zero-order valence-electron chi connectivity index (χ0n) is 7.53. The maximum absolute atomic E-state index is 10.8. The number of nitrogens with zero attached hydrogens (tertiary/aromatic N) is 2. The van der Waals surface area contributed by atoms with Crippen molar-refractivity contribution in [2.75, 3.05) is 0 Å². The van der Waals surface area contributed by atoms with Gasteiger partial charge in [-0.2, -0.15) is 5.10 Å². The lowest BCUT2D eigenvalue weighted by Crippen LogP contribution is -1.95. The molecule has 0 aromatic carbocycles. The van der Waals surface area contributed by atoms with Crippen molar-refractivity contribution < 1.29 is 4.79 Å². The Morgan fingerprint density at radius 3 is 2.58 bits per heavy atom. The maximum atomic E-state index is 10.8. The lowest BCUT2D eigenvalue weighted by atomic mass is 10.3. The number of allylic oxidation sites excluding steroid dienone is 1. The molecule has 3 heteroatoms. The molecular weight excluding hydrogens is 152 g/mol. The Balaban J connectivity index is 2.92. The topological polar surface area (TPSA) is 34.9 Å². The van der Waals surface area contributed by atoms with Crippen LogP contribution in [0, 0.1) is 0 Å². The standard InChI is InChI=1S/C9H12N2O/c1-7(2)6-11-5-4-9(10-11)8(3)12/h4-6H,1-3H3. The largest absolute Gasteiger partial charge is 0.293 e. The van der Waals surface area contributed by atoms with Crippen LogP contribution in [0.2, 0.25) is 0 Å². The summed E-state index contributed by atoms with van der Waals surface area (Å²) in [4.78, 5) is 10.8. The van der Waals surface area contributed by atoms with Gasteiger partial charge in [0.2, 0.25) is 0 Å². The lowest BCUT2D eigenvalue weighted by Gasteiger charge is -1.91. The predicted octanol–water partition coefficient (Wildman–Crippen LogP) is 1.97. The Morgan fingerprint density at radius 1 is 1.50 bits per heavy atom. The minimum absolute atomic E-state index is 0.00379. The van der Waals surface area contributed by atoms with Gasteiger partial charge in [-0.15, -0.1) is 0 Å². The zero-order chi connectivity index (χ0) is 9.14. The van der Waals surface area contributed by atoms with Gasteiger partial charge in [0.15, 0.2) is 5.78 Å². The van der Waals surface area contributed by atoms with Gasteiger partial charge in [0.1, 0.15) is 5.69 Å². The number of carbonyl (C=O) groups excluding carboxylic acids is 1. The second-order valence-electron chi connectivity index (χ2n) is 2.94. The number of aromatic nitrogens is 2. The summed E-state index contributed by atoms with van der Waals surface area (Å²) in [7, 11) is 0. The van der Waals surface area contributed by atoms with Gasteiger partial charge in [-0.05, 0) is 19.9 Å². The van der Waals surface area contributed by atoms with Crippen LogP contribution in [0.25, 0.3) is 6.20 Å². The molecular formula is C9H12N2O. The van der Waals surface area contributed by atoms with E-state index in [0.29, 0.717) is 5.69 Å². The minimum Gasteiger partial charge on any atom is -0.293 e. The molecule has 0 fully saturated rings. The van der Waals surface area contributed by atoms with Crippen LogP contribution in [0.3, 0.4) is 0 Å². The second-order valence-corrected chi connectivity index (χ2v) is 2.94. The van der Waals surface area contributed by atoms with Gasteiger partial charge in [0, 0.05) is 19.3 Å². The van der Waals surface area contributed by atoms with E-state index in [2.05, 4.69) is 5.10 Å². The van der Waals surface area contributed by atoms with Gasteiger partial charge in [0.25, 0.3) is 0 Å². The van der Waals surface area contributed by atoms with E-state index in [9.17, 15) is 4.79 Å². The normalized spacial score (nSPS) is 9.58. The van der Waals surface area contributed by atoms with Gasteiger partial charge in [-0.1, -0.05) is 5.57 Å². The molecule has 0 bridgehead atoms. The van der Waals surface area contributed by atoms with E-state index >= 15 is 0 Å². The van der Waals surface area contributed by atoms with E-state index < -0.39 is 0 Å². The molecule has 0 N–H and O–H groups in total. The van der Waals surface area contributed by atoms with Crippen LogP contribution in [-0.2, 0) is 0 Å². The molecule has 0 aliphatic carbocycles. The number of Topliss-reactive ketones (excluding diaryl/α,β-unsaturated/α-hetero) is 1. The first kappa shape index (κ1) is 8.71. The number of hydrogen-bond acceptors (Lipinski definition) is 2. The minimum atomic E-state index is -0.00379. The van der Waals surface area contributed by atoms with Crippen LogP contribution in [0.15, 0.2) is 17.8 Å². The first-order chi connectivity index (χ1) is 5.59. The summed E-state index contributed by atoms with van der Waals surface area (Å²) >= 11 is 0. The Labute approximate surface area is 71.7 Å². The van der Waals surface area contributed by atoms with Crippen molar-refractivity contribution in [2.24, 2.45) is 0 Å². The third-order valence-electron chi connectivity index (χ3n) is 1.36. The highest BCUT2D eigenvalue weighted by Crippen LogP contribution is 1.99. The fraction of sp³-hybridized carbons (Fsp3) is 0.333. The molecule has 0 radical (unpaired) electrons. The van der Waals surface area contributed by atoms with Crippen molar-refractivity contribution >= 4 is 12.0 Å². The molecule has 0 amide bonds. The molecule has 0 atom stereocenters. The lowest BCUT2D eigenvalue weighted by molar-refractivity contribution is 0.101. The Morgan fingerprint density at radius 2 is 2.17 bits per heavy atom. The molecule has 64 valence electrons. The SMILES string of the molecule is CC(=O)c1ccn(C=C(C)C)n1. The molecule has 1 rings (SSSR count). The third-order valence-corrected chi connectivity index (χ3v) is 1.36. The van der Waals surface area contributed by atoms with Crippen LogP contribution in [0.1, 0.15) is 31.3 Å². The zero-order valence-corrected chi connectivity index (χ0v) is 7.53. The van der Waals surface area contributed by atoms with E-state index in [1.54, 1.807) is 16.9 Å². The van der Waals surface area contributed by atoms with Crippen molar-refractivity contribution in [2.45, 2.75) is 20.8 Å². The van der Waals surface area contributed by atoms with E-state index in [4.69, 9.17) is 0 Å². The van der Waals surface area contributed by atoms with E-state index in [-0.39, 0.29) is 5.78 Å². The van der Waals surface area contributed by atoms with Gasteiger partial charge in [-0.25, -0.2) is 4.68 Å². The van der Waals surface area contributed by atoms with E-state index in [0.717, 1.165) is 5.57 Å². The summed E-state index contributed by atoms with van der Waals surface area (Å²) in [5.41, 5.74) is 1.65. The average Bonchev–Trinajstić information content (AvgIpc) is 2.34. The van der Waals surface area contributed by atoms with Crippen molar-refractivity contribution in [1.29, 1.82) is 0 Å². The van der Waals surface area contributed by atoms with Crippen molar-refractivity contribution in [1.82, 2.24) is 9.78 Å². The summed E-state index contributed by atoms with van der Waals surface area (Å²) in [6.45, 7) is 5.47. The van der Waals surface area contributed by atoms with Crippen LogP contribution in [0.4, 0.5) is 0 Å². The van der Waals surface area contributed by atoms with Gasteiger partial charge < -0.3 is 0 Å². The highest BCUT2D eigenvalue weighted by molar-refractivity contribution is 5.91. The molecule has 0 saturated carbocycles. The summed E-state index contributed by atoms with van der Waals surface area (Å²) < 4.78 is 1.64. The van der Waals surface area contributed by atoms with Gasteiger partial charge >= 0.3 is 0 Å². The molecule has 0 unspecified atom stereocenters. The summed E-state index contributed by atoms with van der Waals surface area (Å²) in [6.07, 6.45) is 3.64. The fourth-order valence-corrected chi connectivity index (χ4v) is 0.862. The number of hydrogen-bond donors (Lipinski definition) is 0. The summed E-state index contributed by atoms with van der Waals surface area (Å²) in [5, 5.41) is 4.04. The summed E-state index contributed by atoms with van der Waals surface area (Å²) in [5.74, 6) is -0.00379. The highest BCUT2D eigenvalue weighted by Gasteiger charge is 2.01. The van der Waals surface area contributed by atoms with E-state index in [1.165, 1.54) is 6.92 Å². The molecule has 3 nitrogen and oxygen atoms in total. The first-order valence-corrected chi connectivity index (χ1v) is 3.80. The highest BCUT2D eigenvalue weighted by atomic mass is 16.1. The number of ketones is 1. The Kier molecular flexibility index (Phi) is 2.43. The predicted molar refractivity (Wildman–Crippen MR) is 47.9 cm³/mol. The van der Waals surface area contributed by atoms with Gasteiger partial charge in [0.05, 0.1) is 0 Å². The van der Waals surface area contributed by atoms with E-state index in [1.807, 2.05) is 20.0 Å². The van der Waals surface area contributed by atoms with Crippen molar-refractivity contribution in [3.63, 3.8) is 0 Å². The van der Waals surface area contributed by atoms with Crippen LogP contribution >= 0.6 is 0 Å². The third kappa shape index (κ3) is 2.05. The average molecular weight is 164 g/mol. The monoisotopic (exact) mass is 164 g/mol. The molecule has 1 aromatic rings. The Hall–Kier alpha value is -1.38. The summed E-state index contributed by atoms with van der Waals surface area (Å²) in [6, 6.07) is 1.71. The second kappa shape index (κ2) is 3.34. The van der Waals surface area contributed by atoms with Crippen LogP contribution in [-0.4, -0.2) is 15.6 Å². The molecule has 12 heavy (non-hydrogen) atoms. The van der Waals surface area contributed by atoms with Crippen molar-refractivity contribution in [3.05, 3.63) is 23.5 Å². The smallest absolute Gasteiger partial charge is 0.179 e. The first-order valence-electron chi connectivity index (χ1n) is 3.80. The molecule has 0 aliphatic heterocycles. The fourth-order valence-electron chi connectivity index (χ4n) is 0.862. The van der Waals surface area contributed by atoms with Crippen LogP contribution < -0.4 is 0 Å².